The Labute approximate surface area is 47.8 Å². The van der Waals surface area contributed by atoms with Gasteiger partial charge >= 0.3 is 0 Å². The Morgan fingerprint density at radius 2 is 2.12 bits per heavy atom. The summed E-state index contributed by atoms with van der Waals surface area (Å²) in [5.74, 6) is 0.164. The molecule has 0 bridgehead atoms. The third-order valence-corrected chi connectivity index (χ3v) is 1.42. The minimum absolute atomic E-state index is 0.164. The van der Waals surface area contributed by atoms with Gasteiger partial charge in [0.1, 0.15) is 11.9 Å². The lowest BCUT2D eigenvalue weighted by atomic mass is 9.89. The molecule has 1 rings (SSSR count). The Morgan fingerprint density at radius 1 is 1.62 bits per heavy atom. The molecule has 0 saturated heterocycles. The number of aliphatic hydroxyl groups is 2. The van der Waals surface area contributed by atoms with Crippen LogP contribution in [0.2, 0.25) is 0 Å². The van der Waals surface area contributed by atoms with Crippen LogP contribution in [0.15, 0.2) is 23.5 Å². The molecule has 2 heteroatoms. The van der Waals surface area contributed by atoms with E-state index in [-0.39, 0.29) is 5.76 Å². The fraction of sp³-hybridized carbons (Fsp3) is 0.333. The highest BCUT2D eigenvalue weighted by Crippen LogP contribution is 2.29. The second-order valence-corrected chi connectivity index (χ2v) is 1.96. The molecular formula is C6H8O2. The smallest absolute Gasteiger partial charge is 0.122 e. The predicted molar refractivity (Wildman–Crippen MR) is 30.5 cm³/mol. The predicted octanol–water partition coefficient (Wildman–Crippen LogP) is 0.749. The van der Waals surface area contributed by atoms with Gasteiger partial charge in [-0.2, -0.15) is 0 Å². The Morgan fingerprint density at radius 3 is 2.25 bits per heavy atom. The largest absolute Gasteiger partial charge is 0.508 e. The first kappa shape index (κ1) is 5.38. The highest BCUT2D eigenvalue weighted by Gasteiger charge is 2.27. The molecule has 0 aromatic carbocycles. The van der Waals surface area contributed by atoms with E-state index in [9.17, 15) is 0 Å². The zero-order valence-corrected chi connectivity index (χ0v) is 4.68. The van der Waals surface area contributed by atoms with Crippen LogP contribution in [0, 0.1) is 0 Å². The van der Waals surface area contributed by atoms with Crippen LogP contribution in [0.1, 0.15) is 6.92 Å². The summed E-state index contributed by atoms with van der Waals surface area (Å²) in [7, 11) is 0. The fourth-order valence-electron chi connectivity index (χ4n) is 0.696. The zero-order valence-electron chi connectivity index (χ0n) is 4.68. The summed E-state index contributed by atoms with van der Waals surface area (Å²) >= 11 is 0. The van der Waals surface area contributed by atoms with Gasteiger partial charge in [-0.3, -0.25) is 0 Å². The van der Waals surface area contributed by atoms with E-state index in [2.05, 4.69) is 6.58 Å². The van der Waals surface area contributed by atoms with E-state index in [1.54, 1.807) is 6.92 Å². The third kappa shape index (κ3) is 0.406. The van der Waals surface area contributed by atoms with Crippen molar-refractivity contribution in [2.75, 3.05) is 0 Å². The third-order valence-electron chi connectivity index (χ3n) is 1.42. The van der Waals surface area contributed by atoms with Crippen LogP contribution >= 0.6 is 0 Å². The van der Waals surface area contributed by atoms with Gasteiger partial charge in [-0.05, 0) is 6.92 Å². The van der Waals surface area contributed by atoms with Crippen molar-refractivity contribution in [2.24, 2.45) is 0 Å². The van der Waals surface area contributed by atoms with Crippen LogP contribution < -0.4 is 0 Å². The molecule has 1 aliphatic rings. The topological polar surface area (TPSA) is 40.5 Å². The Kier molecular flexibility index (Phi) is 0.912. The molecule has 0 aromatic rings. The number of hydrogen-bond donors (Lipinski definition) is 2. The standard InChI is InChI=1S/C6H8O2/c1-3-5(7)4(2)6(3)8/h5,7-8H,1H2,2H3. The maximum absolute atomic E-state index is 8.84. The first-order valence-electron chi connectivity index (χ1n) is 2.41. The van der Waals surface area contributed by atoms with Gasteiger partial charge in [-0.15, -0.1) is 0 Å². The molecule has 0 saturated carbocycles. The molecule has 0 radical (unpaired) electrons. The first-order chi connectivity index (χ1) is 3.64. The Balaban J connectivity index is 2.90. The summed E-state index contributed by atoms with van der Waals surface area (Å²) in [5, 5.41) is 17.6. The van der Waals surface area contributed by atoms with Gasteiger partial charge in [0.05, 0.1) is 0 Å². The molecule has 0 amide bonds. The molecule has 2 N–H and O–H groups in total. The summed E-state index contributed by atoms with van der Waals surface area (Å²) in [5.41, 5.74) is 1.05. The van der Waals surface area contributed by atoms with E-state index < -0.39 is 6.10 Å². The molecule has 8 heavy (non-hydrogen) atoms. The van der Waals surface area contributed by atoms with Crippen LogP contribution in [0.5, 0.6) is 0 Å². The van der Waals surface area contributed by atoms with Crippen LogP contribution in [-0.2, 0) is 0 Å². The molecule has 44 valence electrons. The van der Waals surface area contributed by atoms with Crippen LogP contribution in [-0.4, -0.2) is 16.3 Å². The van der Waals surface area contributed by atoms with Crippen molar-refractivity contribution in [2.45, 2.75) is 13.0 Å². The van der Waals surface area contributed by atoms with E-state index in [0.29, 0.717) is 11.1 Å². The van der Waals surface area contributed by atoms with Gasteiger partial charge in [-0.25, -0.2) is 0 Å². The van der Waals surface area contributed by atoms with E-state index in [1.807, 2.05) is 0 Å². The maximum Gasteiger partial charge on any atom is 0.122 e. The van der Waals surface area contributed by atoms with E-state index in [0.717, 1.165) is 0 Å². The van der Waals surface area contributed by atoms with Gasteiger partial charge in [0.15, 0.2) is 0 Å². The van der Waals surface area contributed by atoms with Crippen molar-refractivity contribution in [3.8, 4) is 0 Å². The molecule has 0 spiro atoms. The highest BCUT2D eigenvalue weighted by atomic mass is 16.3. The molecule has 1 unspecified atom stereocenters. The number of hydrogen-bond acceptors (Lipinski definition) is 2. The van der Waals surface area contributed by atoms with Crippen molar-refractivity contribution in [1.82, 2.24) is 0 Å². The number of aliphatic hydroxyl groups excluding tert-OH is 2. The van der Waals surface area contributed by atoms with Gasteiger partial charge in [-0.1, -0.05) is 6.58 Å². The summed E-state index contributed by atoms with van der Waals surface area (Å²) in [6.07, 6.45) is -0.588. The SMILES string of the molecule is C=C1C(O)=C(C)C1O. The van der Waals surface area contributed by atoms with Crippen molar-refractivity contribution in [3.63, 3.8) is 0 Å². The normalized spacial score (nSPS) is 28.2. The average Bonchev–Trinajstić information content (AvgIpc) is 1.83. The number of rotatable bonds is 0. The van der Waals surface area contributed by atoms with Gasteiger partial charge in [0.2, 0.25) is 0 Å². The zero-order chi connectivity index (χ0) is 6.31. The Bertz CT molecular complexity index is 167. The molecule has 0 aliphatic heterocycles. The highest BCUT2D eigenvalue weighted by molar-refractivity contribution is 5.46. The summed E-state index contributed by atoms with van der Waals surface area (Å²) in [4.78, 5) is 0. The van der Waals surface area contributed by atoms with Crippen molar-refractivity contribution in [3.05, 3.63) is 23.5 Å². The van der Waals surface area contributed by atoms with Crippen molar-refractivity contribution >= 4 is 0 Å². The molecule has 2 nitrogen and oxygen atoms in total. The van der Waals surface area contributed by atoms with Crippen molar-refractivity contribution < 1.29 is 10.2 Å². The average molecular weight is 112 g/mol. The minimum atomic E-state index is -0.588. The van der Waals surface area contributed by atoms with E-state index in [4.69, 9.17) is 10.2 Å². The monoisotopic (exact) mass is 112 g/mol. The molecule has 0 aromatic heterocycles. The van der Waals surface area contributed by atoms with Crippen molar-refractivity contribution in [1.29, 1.82) is 0 Å². The van der Waals surface area contributed by atoms with Crippen LogP contribution in [0.4, 0.5) is 0 Å². The fourth-order valence-corrected chi connectivity index (χ4v) is 0.696. The van der Waals surface area contributed by atoms with Gasteiger partial charge in [0.25, 0.3) is 0 Å². The lowest BCUT2D eigenvalue weighted by molar-refractivity contribution is 0.202. The lowest BCUT2D eigenvalue weighted by Crippen LogP contribution is -2.24. The molecular weight excluding hydrogens is 104 g/mol. The van der Waals surface area contributed by atoms with E-state index >= 15 is 0 Å². The Hall–Kier alpha value is -0.760. The summed E-state index contributed by atoms with van der Waals surface area (Å²) < 4.78 is 0. The molecule has 0 heterocycles. The molecule has 0 fully saturated rings. The molecule has 1 aliphatic carbocycles. The molecule has 1 atom stereocenters. The summed E-state index contributed by atoms with van der Waals surface area (Å²) in [6.45, 7) is 5.09. The minimum Gasteiger partial charge on any atom is -0.508 e. The second kappa shape index (κ2) is 1.36. The lowest BCUT2D eigenvalue weighted by Gasteiger charge is -2.24. The van der Waals surface area contributed by atoms with Crippen LogP contribution in [0.3, 0.4) is 0 Å². The maximum atomic E-state index is 8.84. The quantitative estimate of drug-likeness (QED) is 0.485. The van der Waals surface area contributed by atoms with Gasteiger partial charge in [0, 0.05) is 11.1 Å². The second-order valence-electron chi connectivity index (χ2n) is 1.96. The van der Waals surface area contributed by atoms with Crippen LogP contribution in [0.25, 0.3) is 0 Å². The van der Waals surface area contributed by atoms with E-state index in [1.165, 1.54) is 0 Å². The first-order valence-corrected chi connectivity index (χ1v) is 2.41. The van der Waals surface area contributed by atoms with Gasteiger partial charge < -0.3 is 10.2 Å². The summed E-state index contributed by atoms with van der Waals surface area (Å²) in [6, 6.07) is 0.